The van der Waals surface area contributed by atoms with Crippen molar-refractivity contribution in [2.45, 2.75) is 18.1 Å². The molecule has 2 rings (SSSR count). The van der Waals surface area contributed by atoms with Gasteiger partial charge in [0.2, 0.25) is 0 Å². The highest BCUT2D eigenvalue weighted by atomic mass is 32.2. The molecule has 0 saturated heterocycles. The summed E-state index contributed by atoms with van der Waals surface area (Å²) in [6, 6.07) is 7.73. The first-order valence-corrected chi connectivity index (χ1v) is 6.99. The third-order valence-electron chi connectivity index (χ3n) is 2.72. The fraction of sp³-hybridized carbons (Fsp3) is 0.286. The molecule has 0 radical (unpaired) electrons. The molecular weight excluding hydrogens is 258 g/mol. The van der Waals surface area contributed by atoms with Crippen LogP contribution in [0.1, 0.15) is 17.2 Å². The molecule has 2 aromatic rings. The minimum absolute atomic E-state index is 0.108. The molecule has 0 fully saturated rings. The normalized spacial score (nSPS) is 12.2. The first-order valence-electron chi connectivity index (χ1n) is 6.00. The third kappa shape index (κ3) is 3.68. The molecule has 1 aromatic heterocycles. The van der Waals surface area contributed by atoms with Crippen LogP contribution in [0, 0.1) is 6.92 Å². The summed E-state index contributed by atoms with van der Waals surface area (Å²) in [5.41, 5.74) is 8.42. The molecule has 2 N–H and O–H groups in total. The molecule has 0 bridgehead atoms. The number of hydrogen-bond acceptors (Lipinski definition) is 5. The molecule has 0 aliphatic carbocycles. The number of rotatable bonds is 5. The Morgan fingerprint density at radius 3 is 2.74 bits per heavy atom. The van der Waals surface area contributed by atoms with Crippen molar-refractivity contribution in [3.63, 3.8) is 0 Å². The van der Waals surface area contributed by atoms with Gasteiger partial charge in [0.1, 0.15) is 5.75 Å². The Balaban J connectivity index is 2.07. The predicted octanol–water partition coefficient (Wildman–Crippen LogP) is 2.59. The van der Waals surface area contributed by atoms with Gasteiger partial charge < -0.3 is 10.5 Å². The fourth-order valence-electron chi connectivity index (χ4n) is 1.76. The van der Waals surface area contributed by atoms with E-state index in [4.69, 9.17) is 10.5 Å². The van der Waals surface area contributed by atoms with Gasteiger partial charge in [0.15, 0.2) is 5.16 Å². The van der Waals surface area contributed by atoms with E-state index in [2.05, 4.69) is 16.0 Å². The Kier molecular flexibility index (Phi) is 4.76. The van der Waals surface area contributed by atoms with E-state index in [0.717, 1.165) is 16.5 Å². The highest BCUT2D eigenvalue weighted by molar-refractivity contribution is 7.99. The maximum Gasteiger partial charge on any atom is 0.187 e. The molecular formula is C14H17N3OS. The average Bonchev–Trinajstić information content (AvgIpc) is 2.46. The summed E-state index contributed by atoms with van der Waals surface area (Å²) in [4.78, 5) is 8.34. The van der Waals surface area contributed by atoms with E-state index in [1.54, 1.807) is 37.3 Å². The van der Waals surface area contributed by atoms with E-state index < -0.39 is 0 Å². The molecule has 0 aliphatic heterocycles. The summed E-state index contributed by atoms with van der Waals surface area (Å²) >= 11 is 1.55. The van der Waals surface area contributed by atoms with Crippen LogP contribution in [0.25, 0.3) is 0 Å². The van der Waals surface area contributed by atoms with E-state index in [0.29, 0.717) is 5.75 Å². The second-order valence-corrected chi connectivity index (χ2v) is 5.18. The van der Waals surface area contributed by atoms with Gasteiger partial charge in [0, 0.05) is 29.8 Å². The predicted molar refractivity (Wildman–Crippen MR) is 77.4 cm³/mol. The maximum absolute atomic E-state index is 6.23. The lowest BCUT2D eigenvalue weighted by atomic mass is 10.1. The van der Waals surface area contributed by atoms with Crippen molar-refractivity contribution in [3.8, 4) is 5.75 Å². The van der Waals surface area contributed by atoms with E-state index in [1.165, 1.54) is 5.56 Å². The van der Waals surface area contributed by atoms with Gasteiger partial charge in [0.25, 0.3) is 0 Å². The number of thioether (sulfide) groups is 1. The van der Waals surface area contributed by atoms with Gasteiger partial charge in [-0.2, -0.15) is 0 Å². The number of aryl methyl sites for hydroxylation is 1. The summed E-state index contributed by atoms with van der Waals surface area (Å²) in [7, 11) is 1.66. The van der Waals surface area contributed by atoms with Crippen molar-refractivity contribution < 1.29 is 4.74 Å². The summed E-state index contributed by atoms with van der Waals surface area (Å²) < 4.78 is 5.35. The summed E-state index contributed by atoms with van der Waals surface area (Å²) in [5, 5.41) is 0.740. The Morgan fingerprint density at radius 2 is 2.05 bits per heavy atom. The van der Waals surface area contributed by atoms with Gasteiger partial charge in [-0.1, -0.05) is 29.5 Å². The first-order chi connectivity index (χ1) is 9.20. The Labute approximate surface area is 117 Å². The topological polar surface area (TPSA) is 61.0 Å². The lowest BCUT2D eigenvalue weighted by Gasteiger charge is -2.15. The number of nitrogens with two attached hydrogens (primary N) is 1. The molecule has 0 amide bonds. The van der Waals surface area contributed by atoms with Gasteiger partial charge in [-0.3, -0.25) is 0 Å². The molecule has 100 valence electrons. The molecule has 1 atom stereocenters. The van der Waals surface area contributed by atoms with Crippen molar-refractivity contribution in [1.29, 1.82) is 0 Å². The molecule has 0 aliphatic rings. The Morgan fingerprint density at radius 1 is 1.32 bits per heavy atom. The van der Waals surface area contributed by atoms with Gasteiger partial charge in [0.05, 0.1) is 7.11 Å². The lowest BCUT2D eigenvalue weighted by molar-refractivity contribution is 0.407. The highest BCUT2D eigenvalue weighted by Gasteiger charge is 2.13. The molecule has 4 nitrogen and oxygen atoms in total. The van der Waals surface area contributed by atoms with Gasteiger partial charge >= 0.3 is 0 Å². The van der Waals surface area contributed by atoms with Gasteiger partial charge in [-0.05, 0) is 19.1 Å². The molecule has 5 heteroatoms. The summed E-state index contributed by atoms with van der Waals surface area (Å²) in [6.07, 6.45) is 3.46. The first kappa shape index (κ1) is 13.8. The smallest absolute Gasteiger partial charge is 0.187 e. The van der Waals surface area contributed by atoms with Crippen LogP contribution in [0.5, 0.6) is 5.75 Å². The Bertz CT molecular complexity index is 533. The standard InChI is InChI=1S/C14H17N3OS/c1-10-4-5-13(18-2)11(8-10)12(15)9-19-14-16-6-3-7-17-14/h3-8,12H,9,15H2,1-2H3. The van der Waals surface area contributed by atoms with Crippen LogP contribution >= 0.6 is 11.8 Å². The number of aromatic nitrogens is 2. The monoisotopic (exact) mass is 275 g/mol. The molecule has 0 saturated carbocycles. The fourth-order valence-corrected chi connectivity index (χ4v) is 2.54. The summed E-state index contributed by atoms with van der Waals surface area (Å²) in [6.45, 7) is 2.04. The zero-order valence-corrected chi connectivity index (χ0v) is 11.9. The summed E-state index contributed by atoms with van der Waals surface area (Å²) in [5.74, 6) is 1.54. The van der Waals surface area contributed by atoms with E-state index >= 15 is 0 Å². The SMILES string of the molecule is COc1ccc(C)cc1C(N)CSc1ncccn1. The van der Waals surface area contributed by atoms with E-state index in [-0.39, 0.29) is 6.04 Å². The number of nitrogens with zero attached hydrogens (tertiary/aromatic N) is 2. The third-order valence-corrected chi connectivity index (χ3v) is 3.71. The van der Waals surface area contributed by atoms with Crippen LogP contribution < -0.4 is 10.5 Å². The van der Waals surface area contributed by atoms with Crippen LogP contribution in [-0.2, 0) is 0 Å². The molecule has 1 heterocycles. The minimum Gasteiger partial charge on any atom is -0.496 e. The van der Waals surface area contributed by atoms with Gasteiger partial charge in [-0.25, -0.2) is 9.97 Å². The van der Waals surface area contributed by atoms with Crippen molar-refractivity contribution in [2.24, 2.45) is 5.73 Å². The van der Waals surface area contributed by atoms with Crippen LogP contribution in [0.15, 0.2) is 41.8 Å². The Hall–Kier alpha value is -1.59. The van der Waals surface area contributed by atoms with Crippen LogP contribution in [-0.4, -0.2) is 22.8 Å². The van der Waals surface area contributed by atoms with E-state index in [1.807, 2.05) is 19.1 Å². The van der Waals surface area contributed by atoms with Crippen LogP contribution in [0.4, 0.5) is 0 Å². The number of methoxy groups -OCH3 is 1. The van der Waals surface area contributed by atoms with E-state index in [9.17, 15) is 0 Å². The molecule has 1 aromatic carbocycles. The van der Waals surface area contributed by atoms with Crippen molar-refractivity contribution in [3.05, 3.63) is 47.8 Å². The van der Waals surface area contributed by atoms with Crippen molar-refractivity contribution >= 4 is 11.8 Å². The second kappa shape index (κ2) is 6.54. The largest absolute Gasteiger partial charge is 0.496 e. The maximum atomic E-state index is 6.23. The van der Waals surface area contributed by atoms with Gasteiger partial charge in [-0.15, -0.1) is 0 Å². The quantitative estimate of drug-likeness (QED) is 0.671. The zero-order valence-electron chi connectivity index (χ0n) is 11.0. The lowest BCUT2D eigenvalue weighted by Crippen LogP contribution is -2.14. The molecule has 0 spiro atoms. The van der Waals surface area contributed by atoms with Crippen molar-refractivity contribution in [1.82, 2.24) is 9.97 Å². The highest BCUT2D eigenvalue weighted by Crippen LogP contribution is 2.28. The molecule has 19 heavy (non-hydrogen) atoms. The average molecular weight is 275 g/mol. The number of hydrogen-bond donors (Lipinski definition) is 1. The zero-order chi connectivity index (χ0) is 13.7. The van der Waals surface area contributed by atoms with Crippen LogP contribution in [0.3, 0.4) is 0 Å². The van der Waals surface area contributed by atoms with Crippen molar-refractivity contribution in [2.75, 3.05) is 12.9 Å². The number of benzene rings is 1. The number of ether oxygens (including phenoxy) is 1. The minimum atomic E-state index is -0.108. The molecule has 1 unspecified atom stereocenters. The van der Waals surface area contributed by atoms with Crippen LogP contribution in [0.2, 0.25) is 0 Å². The second-order valence-electron chi connectivity index (χ2n) is 4.19.